The highest BCUT2D eigenvalue weighted by molar-refractivity contribution is 5.93. The van der Waals surface area contributed by atoms with Crippen LogP contribution in [0.5, 0.6) is 5.75 Å². The monoisotopic (exact) mass is 984 g/mol. The number of terminal acetylenes is 1. The number of para-hydroxylation sites is 1. The number of piperazine rings is 1. The zero-order chi connectivity index (χ0) is 50.7. The number of phenols is 1. The molecular weight excluding hydrogens is 914 g/mol. The number of halogens is 1. The van der Waals surface area contributed by atoms with Gasteiger partial charge in [0.05, 0.1) is 17.5 Å². The Morgan fingerprint density at radius 2 is 1.61 bits per heavy atom. The molecule has 0 unspecified atom stereocenters. The first-order valence-electron chi connectivity index (χ1n) is 25.9. The van der Waals surface area contributed by atoms with Crippen molar-refractivity contribution >= 4 is 35.2 Å². The third-order valence-electron chi connectivity index (χ3n) is 16.1. The molecule has 5 heterocycles. The number of carbonyl (C=O) groups excluding carboxylic acids is 3. The van der Waals surface area contributed by atoms with Crippen LogP contribution >= 0.6 is 0 Å². The molecule has 0 radical (unpaired) electrons. The Labute approximate surface area is 422 Å². The van der Waals surface area contributed by atoms with E-state index in [0.29, 0.717) is 28.8 Å². The number of aliphatic hydroxyl groups excluding tert-OH is 1. The van der Waals surface area contributed by atoms with Crippen molar-refractivity contribution in [3.63, 3.8) is 0 Å². The topological polar surface area (TPSA) is 192 Å². The molecule has 5 aliphatic rings. The zero-order valence-corrected chi connectivity index (χ0v) is 42.1. The molecule has 5 fully saturated rings. The maximum absolute atomic E-state index is 14.6. The van der Waals surface area contributed by atoms with Crippen LogP contribution in [0.3, 0.4) is 0 Å². The van der Waals surface area contributed by atoms with Gasteiger partial charge in [0.1, 0.15) is 23.7 Å². The number of piperidine rings is 1. The van der Waals surface area contributed by atoms with Crippen molar-refractivity contribution in [2.75, 3.05) is 67.5 Å². The fraction of sp³-hybridized carbons (Fsp3) is 0.545. The minimum absolute atomic E-state index is 0.0340. The highest BCUT2D eigenvalue weighted by Crippen LogP contribution is 2.55. The summed E-state index contributed by atoms with van der Waals surface area (Å²) in [6.45, 7) is 13.4. The molecule has 1 spiro atoms. The van der Waals surface area contributed by atoms with E-state index >= 15 is 0 Å². The molecule has 382 valence electrons. The van der Waals surface area contributed by atoms with Crippen LogP contribution in [0.15, 0.2) is 60.9 Å². The van der Waals surface area contributed by atoms with Gasteiger partial charge >= 0.3 is 0 Å². The van der Waals surface area contributed by atoms with Crippen LogP contribution in [0.4, 0.5) is 21.8 Å². The second-order valence-corrected chi connectivity index (χ2v) is 21.8. The molecule has 2 aromatic carbocycles. The molecule has 2 aliphatic carbocycles. The van der Waals surface area contributed by atoms with Crippen molar-refractivity contribution in [3.05, 3.63) is 83.4 Å². The molecule has 0 bridgehead atoms. The van der Waals surface area contributed by atoms with Crippen molar-refractivity contribution in [2.45, 2.75) is 122 Å². The number of nitrogens with one attached hydrogen (secondary N) is 3. The number of aromatic nitrogens is 4. The van der Waals surface area contributed by atoms with Crippen LogP contribution in [0.2, 0.25) is 0 Å². The number of anilines is 3. The number of carbonyl (C=O) groups is 3. The van der Waals surface area contributed by atoms with Crippen LogP contribution in [0.25, 0.3) is 11.3 Å². The quantitative estimate of drug-likeness (QED) is 0.101. The summed E-state index contributed by atoms with van der Waals surface area (Å²) in [5.41, 5.74) is 3.67. The molecular formula is C55H70FN11O5. The van der Waals surface area contributed by atoms with Gasteiger partial charge in [-0.05, 0) is 124 Å². The van der Waals surface area contributed by atoms with Gasteiger partial charge in [0, 0.05) is 93.3 Å². The molecule has 2 saturated carbocycles. The van der Waals surface area contributed by atoms with Crippen LogP contribution in [0, 0.1) is 34.9 Å². The number of aromatic hydroxyl groups is 1. The normalized spacial score (nSPS) is 24.3. The molecule has 9 rings (SSSR count). The minimum Gasteiger partial charge on any atom is -0.507 e. The van der Waals surface area contributed by atoms with Gasteiger partial charge in [0.2, 0.25) is 23.7 Å². The Bertz CT molecular complexity index is 2620. The molecule has 3 saturated heterocycles. The average molecular weight is 984 g/mol. The average Bonchev–Trinajstić information content (AvgIpc) is 3.78. The van der Waals surface area contributed by atoms with E-state index in [1.807, 2.05) is 58.3 Å². The Balaban J connectivity index is 0.714. The third-order valence-corrected chi connectivity index (χ3v) is 16.1. The number of rotatable bonds is 13. The smallest absolute Gasteiger partial charge is 0.246 e. The van der Waals surface area contributed by atoms with E-state index < -0.39 is 41.2 Å². The van der Waals surface area contributed by atoms with E-state index in [9.17, 15) is 29.0 Å². The second kappa shape index (κ2) is 21.4. The van der Waals surface area contributed by atoms with Gasteiger partial charge in [0.25, 0.3) is 0 Å². The van der Waals surface area contributed by atoms with Gasteiger partial charge in [-0.25, -0.2) is 14.4 Å². The number of benzene rings is 2. The molecule has 16 nitrogen and oxygen atoms in total. The lowest BCUT2D eigenvalue weighted by molar-refractivity contribution is -0.145. The highest BCUT2D eigenvalue weighted by atomic mass is 19.1. The molecule has 17 heteroatoms. The van der Waals surface area contributed by atoms with E-state index in [1.54, 1.807) is 18.2 Å². The summed E-state index contributed by atoms with van der Waals surface area (Å²) in [5.74, 6) is 2.68. The lowest BCUT2D eigenvalue weighted by Crippen LogP contribution is -2.59. The number of phenolic OH excluding ortho intramolecular Hbond substituents is 1. The number of nitrogens with zero attached hydrogens (tertiary/aromatic N) is 8. The van der Waals surface area contributed by atoms with Gasteiger partial charge in [-0.15, -0.1) is 16.6 Å². The Morgan fingerprint density at radius 1 is 0.917 bits per heavy atom. The summed E-state index contributed by atoms with van der Waals surface area (Å²) in [6.07, 6.45) is 16.5. The summed E-state index contributed by atoms with van der Waals surface area (Å²) >= 11 is 0. The molecule has 3 atom stereocenters. The fourth-order valence-corrected chi connectivity index (χ4v) is 11.7. The van der Waals surface area contributed by atoms with Gasteiger partial charge in [-0.3, -0.25) is 14.4 Å². The largest absolute Gasteiger partial charge is 0.507 e. The maximum Gasteiger partial charge on any atom is 0.246 e. The number of hydrogen-bond donors (Lipinski definition) is 5. The summed E-state index contributed by atoms with van der Waals surface area (Å²) in [5, 5.41) is 39.2. The van der Waals surface area contributed by atoms with Gasteiger partial charge in [-0.2, -0.15) is 0 Å². The van der Waals surface area contributed by atoms with Crippen molar-refractivity contribution in [3.8, 4) is 29.4 Å². The van der Waals surface area contributed by atoms with Crippen LogP contribution in [0.1, 0.15) is 108 Å². The number of hydrogen-bond acceptors (Lipinski definition) is 13. The fourth-order valence-electron chi connectivity index (χ4n) is 11.7. The Hall–Kier alpha value is -6.38. The van der Waals surface area contributed by atoms with Crippen LogP contribution < -0.4 is 25.8 Å². The predicted octanol–water partition coefficient (Wildman–Crippen LogP) is 5.85. The van der Waals surface area contributed by atoms with E-state index in [0.717, 1.165) is 115 Å². The van der Waals surface area contributed by atoms with Crippen molar-refractivity contribution in [2.24, 2.45) is 16.7 Å². The number of likely N-dealkylation sites (tertiary alicyclic amines) is 2. The first-order chi connectivity index (χ1) is 34.6. The van der Waals surface area contributed by atoms with Crippen LogP contribution in [-0.2, 0) is 20.9 Å². The van der Waals surface area contributed by atoms with E-state index in [-0.39, 0.29) is 48.1 Å². The van der Waals surface area contributed by atoms with E-state index in [4.69, 9.17) is 16.4 Å². The Kier molecular flexibility index (Phi) is 15.0. The van der Waals surface area contributed by atoms with Crippen molar-refractivity contribution < 1.29 is 29.0 Å². The highest BCUT2D eigenvalue weighted by Gasteiger charge is 2.50. The number of aliphatic hydroxyl groups is 1. The van der Waals surface area contributed by atoms with Crippen molar-refractivity contribution in [1.82, 2.24) is 40.6 Å². The summed E-state index contributed by atoms with van der Waals surface area (Å²) < 4.78 is 14.6. The molecule has 3 amide bonds. The van der Waals surface area contributed by atoms with E-state index in [1.165, 1.54) is 22.6 Å². The van der Waals surface area contributed by atoms with Gasteiger partial charge in [0.15, 0.2) is 5.82 Å². The molecule has 2 aromatic heterocycles. The van der Waals surface area contributed by atoms with Crippen molar-refractivity contribution in [1.29, 1.82) is 0 Å². The van der Waals surface area contributed by atoms with Crippen LogP contribution in [-0.4, -0.2) is 134 Å². The molecule has 5 N–H and O–H groups in total. The third kappa shape index (κ3) is 11.0. The van der Waals surface area contributed by atoms with E-state index in [2.05, 4.69) is 46.8 Å². The summed E-state index contributed by atoms with van der Waals surface area (Å²) in [7, 11) is 0. The second-order valence-electron chi connectivity index (χ2n) is 21.8. The van der Waals surface area contributed by atoms with Gasteiger partial charge in [-0.1, -0.05) is 44.9 Å². The first kappa shape index (κ1) is 50.6. The number of amides is 3. The minimum atomic E-state index is -0.960. The standard InChI is InChI=1S/C55H70FN11O5/c1-6-35-12-13-38(43(56)26-35)31-58-51(71)46-27-41(68)34-67(46)52(72)48(54(3,4)5)61-50(70)37-14-18-55(19-15-37)29-40(30-55)64-20-16-36(17-21-64)39-32-59-53(60-33-39)66-24-22-65(23-25-66)45-28-44(62-63-49(45)57-7-2)42-10-8-9-11-47(42)69/h1,8-13,26,28,32-33,36-37,40-41,46,48,68-69H,7,14-25,27,29-31,34H2,2-5H3,(H,57,63)(H,58,71)(H,61,70)/t37?,40?,41-,46+,48-,55?/m1/s1. The first-order valence-corrected chi connectivity index (χ1v) is 25.9. The van der Waals surface area contributed by atoms with Gasteiger partial charge < -0.3 is 45.8 Å². The lowest BCUT2D eigenvalue weighted by Gasteiger charge is -2.55. The molecule has 72 heavy (non-hydrogen) atoms. The Morgan fingerprint density at radius 3 is 2.26 bits per heavy atom. The lowest BCUT2D eigenvalue weighted by atomic mass is 9.56. The predicted molar refractivity (Wildman–Crippen MR) is 274 cm³/mol. The molecule has 3 aliphatic heterocycles. The molecule has 4 aromatic rings. The maximum atomic E-state index is 14.6. The zero-order valence-electron chi connectivity index (χ0n) is 42.1. The SMILES string of the molecule is C#Cc1ccc(CNC(=O)[C@@H]2C[C@@H](O)CN2C(=O)[C@@H](NC(=O)C2CCC3(CC2)CC(N2CCC(c4cnc(N5CCN(c6cc(-c7ccccc7O)nnc6NCC)CC5)nc4)CC2)C3)C(C)(C)C)c(F)c1. The summed E-state index contributed by atoms with van der Waals surface area (Å²) in [6, 6.07) is 12.2. The number of β-amino-alcohol motifs (C(OH)–C–C–N with tert-alkyl or cyclic N) is 1. The summed E-state index contributed by atoms with van der Waals surface area (Å²) in [4.78, 5) is 59.9.